The third-order valence-electron chi connectivity index (χ3n) is 4.35. The molecule has 1 N–H and O–H groups in total. The summed E-state index contributed by atoms with van der Waals surface area (Å²) >= 11 is 0. The Morgan fingerprint density at radius 3 is 2.62 bits per heavy atom. The van der Waals surface area contributed by atoms with Gasteiger partial charge in [-0.25, -0.2) is 4.98 Å². The van der Waals surface area contributed by atoms with Crippen LogP contribution in [0.4, 0.5) is 11.5 Å². The molecule has 1 heterocycles. The summed E-state index contributed by atoms with van der Waals surface area (Å²) in [6.07, 6.45) is 6.10. The molecule has 1 aliphatic rings. The molecule has 5 nitrogen and oxygen atoms in total. The van der Waals surface area contributed by atoms with Gasteiger partial charge in [-0.15, -0.1) is 0 Å². The second kappa shape index (κ2) is 6.41. The highest BCUT2D eigenvalue weighted by molar-refractivity contribution is 5.56. The molecule has 2 rings (SSSR count). The van der Waals surface area contributed by atoms with Crippen molar-refractivity contribution in [1.29, 1.82) is 0 Å². The molecule has 0 radical (unpaired) electrons. The number of pyridine rings is 1. The first-order valence-corrected chi connectivity index (χ1v) is 7.78. The number of hydrogen-bond donors (Lipinski definition) is 1. The van der Waals surface area contributed by atoms with Gasteiger partial charge >= 0.3 is 5.69 Å². The Kier molecular flexibility index (Phi) is 4.80. The summed E-state index contributed by atoms with van der Waals surface area (Å²) in [6.45, 7) is 7.12. The second-order valence-electron chi connectivity index (χ2n) is 6.74. The predicted molar refractivity (Wildman–Crippen MR) is 84.5 cm³/mol. The van der Waals surface area contributed by atoms with Crippen molar-refractivity contribution < 1.29 is 4.92 Å². The van der Waals surface area contributed by atoms with Gasteiger partial charge < -0.3 is 5.32 Å². The molecular weight excluding hydrogens is 266 g/mol. The van der Waals surface area contributed by atoms with Crippen molar-refractivity contribution in [1.82, 2.24) is 4.98 Å². The SMILES string of the molecule is Cc1ccc([N+](=O)[O-])c(NCC2(CC(C)C)CCCC2)n1. The number of nitro groups is 1. The maximum atomic E-state index is 11.1. The van der Waals surface area contributed by atoms with Gasteiger partial charge in [0.25, 0.3) is 0 Å². The average Bonchev–Trinajstić information content (AvgIpc) is 2.84. The molecule has 0 aromatic carbocycles. The van der Waals surface area contributed by atoms with Crippen molar-refractivity contribution in [3.8, 4) is 0 Å². The monoisotopic (exact) mass is 291 g/mol. The van der Waals surface area contributed by atoms with Crippen LogP contribution in [-0.4, -0.2) is 16.5 Å². The van der Waals surface area contributed by atoms with Gasteiger partial charge in [0.15, 0.2) is 0 Å². The van der Waals surface area contributed by atoms with Crippen LogP contribution in [0, 0.1) is 28.4 Å². The van der Waals surface area contributed by atoms with Crippen LogP contribution in [0.5, 0.6) is 0 Å². The number of rotatable bonds is 6. The molecule has 116 valence electrons. The van der Waals surface area contributed by atoms with Gasteiger partial charge in [0.2, 0.25) is 5.82 Å². The Morgan fingerprint density at radius 1 is 1.38 bits per heavy atom. The highest BCUT2D eigenvalue weighted by atomic mass is 16.6. The molecule has 0 atom stereocenters. The van der Waals surface area contributed by atoms with Crippen molar-refractivity contribution in [2.45, 2.75) is 52.9 Å². The maximum absolute atomic E-state index is 11.1. The van der Waals surface area contributed by atoms with Crippen molar-refractivity contribution in [3.05, 3.63) is 27.9 Å². The van der Waals surface area contributed by atoms with E-state index in [1.165, 1.54) is 38.2 Å². The van der Waals surface area contributed by atoms with Gasteiger partial charge in [0.05, 0.1) is 4.92 Å². The smallest absolute Gasteiger partial charge is 0.311 e. The van der Waals surface area contributed by atoms with Crippen LogP contribution in [0.3, 0.4) is 0 Å². The van der Waals surface area contributed by atoms with E-state index in [1.807, 2.05) is 6.92 Å². The molecule has 0 bridgehead atoms. The Hall–Kier alpha value is -1.65. The lowest BCUT2D eigenvalue weighted by atomic mass is 9.78. The molecule has 0 amide bonds. The molecule has 1 aromatic heterocycles. The summed E-state index contributed by atoms with van der Waals surface area (Å²) in [7, 11) is 0. The van der Waals surface area contributed by atoms with E-state index < -0.39 is 0 Å². The van der Waals surface area contributed by atoms with Gasteiger partial charge in [0.1, 0.15) is 0 Å². The molecule has 0 spiro atoms. The number of anilines is 1. The quantitative estimate of drug-likeness (QED) is 0.626. The summed E-state index contributed by atoms with van der Waals surface area (Å²) in [4.78, 5) is 15.1. The summed E-state index contributed by atoms with van der Waals surface area (Å²) in [5.74, 6) is 1.06. The largest absolute Gasteiger partial charge is 0.364 e. The minimum atomic E-state index is -0.363. The van der Waals surface area contributed by atoms with Gasteiger partial charge in [-0.1, -0.05) is 26.7 Å². The average molecular weight is 291 g/mol. The Bertz CT molecular complexity index is 508. The standard InChI is InChI=1S/C16H25N3O2/c1-12(2)10-16(8-4-5-9-16)11-17-15-14(19(20)21)7-6-13(3)18-15/h6-7,12H,4-5,8-11H2,1-3H3,(H,17,18). The summed E-state index contributed by atoms with van der Waals surface area (Å²) < 4.78 is 0. The minimum absolute atomic E-state index is 0.0679. The fourth-order valence-electron chi connectivity index (χ4n) is 3.54. The van der Waals surface area contributed by atoms with Gasteiger partial charge in [-0.2, -0.15) is 0 Å². The minimum Gasteiger partial charge on any atom is -0.364 e. The second-order valence-corrected chi connectivity index (χ2v) is 6.74. The fourth-order valence-corrected chi connectivity index (χ4v) is 3.54. The summed E-state index contributed by atoms with van der Waals surface area (Å²) in [6, 6.07) is 3.22. The summed E-state index contributed by atoms with van der Waals surface area (Å²) in [5.41, 5.74) is 1.14. The first-order valence-electron chi connectivity index (χ1n) is 7.78. The van der Waals surface area contributed by atoms with E-state index in [9.17, 15) is 10.1 Å². The predicted octanol–water partition coefficient (Wildman–Crippen LogP) is 4.32. The topological polar surface area (TPSA) is 68.1 Å². The van der Waals surface area contributed by atoms with Gasteiger partial charge in [0, 0.05) is 18.3 Å². The number of aryl methyl sites for hydroxylation is 1. The lowest BCUT2D eigenvalue weighted by molar-refractivity contribution is -0.384. The van der Waals surface area contributed by atoms with E-state index in [2.05, 4.69) is 24.1 Å². The van der Waals surface area contributed by atoms with Crippen LogP contribution < -0.4 is 5.32 Å². The first kappa shape index (κ1) is 15.7. The van der Waals surface area contributed by atoms with E-state index in [-0.39, 0.29) is 16.0 Å². The zero-order valence-electron chi connectivity index (χ0n) is 13.2. The number of aromatic nitrogens is 1. The van der Waals surface area contributed by atoms with Crippen molar-refractivity contribution >= 4 is 11.5 Å². The molecule has 0 aliphatic heterocycles. The zero-order valence-corrected chi connectivity index (χ0v) is 13.2. The van der Waals surface area contributed by atoms with Crippen LogP contribution in [0.15, 0.2) is 12.1 Å². The molecule has 21 heavy (non-hydrogen) atoms. The number of hydrogen-bond acceptors (Lipinski definition) is 4. The van der Waals surface area contributed by atoms with E-state index in [0.717, 1.165) is 12.2 Å². The van der Waals surface area contributed by atoms with Crippen molar-refractivity contribution in [3.63, 3.8) is 0 Å². The third kappa shape index (κ3) is 3.93. The zero-order chi connectivity index (χ0) is 15.5. The highest BCUT2D eigenvalue weighted by Gasteiger charge is 2.34. The van der Waals surface area contributed by atoms with E-state index in [1.54, 1.807) is 6.07 Å². The van der Waals surface area contributed by atoms with Crippen LogP contribution in [0.2, 0.25) is 0 Å². The Labute approximate surface area is 126 Å². The lowest BCUT2D eigenvalue weighted by Gasteiger charge is -2.31. The van der Waals surface area contributed by atoms with Crippen molar-refractivity contribution in [2.24, 2.45) is 11.3 Å². The molecule has 5 heteroatoms. The molecule has 1 saturated carbocycles. The number of nitrogens with one attached hydrogen (secondary N) is 1. The van der Waals surface area contributed by atoms with Crippen LogP contribution >= 0.6 is 0 Å². The maximum Gasteiger partial charge on any atom is 0.311 e. The summed E-state index contributed by atoms with van der Waals surface area (Å²) in [5, 5.41) is 14.4. The first-order chi connectivity index (χ1) is 9.92. The van der Waals surface area contributed by atoms with Gasteiger partial charge in [-0.3, -0.25) is 10.1 Å². The molecule has 1 fully saturated rings. The van der Waals surface area contributed by atoms with Gasteiger partial charge in [-0.05, 0) is 43.6 Å². The van der Waals surface area contributed by atoms with E-state index >= 15 is 0 Å². The highest BCUT2D eigenvalue weighted by Crippen LogP contribution is 2.43. The number of nitrogens with zero attached hydrogens (tertiary/aromatic N) is 2. The normalized spacial score (nSPS) is 17.1. The van der Waals surface area contributed by atoms with E-state index in [4.69, 9.17) is 0 Å². The van der Waals surface area contributed by atoms with Crippen LogP contribution in [0.1, 0.15) is 51.6 Å². The molecule has 0 saturated heterocycles. The molecule has 0 unspecified atom stereocenters. The van der Waals surface area contributed by atoms with Crippen molar-refractivity contribution in [2.75, 3.05) is 11.9 Å². The molecule has 1 aliphatic carbocycles. The van der Waals surface area contributed by atoms with E-state index in [0.29, 0.717) is 11.7 Å². The molecular formula is C16H25N3O2. The molecule has 1 aromatic rings. The lowest BCUT2D eigenvalue weighted by Crippen LogP contribution is -2.29. The van der Waals surface area contributed by atoms with Crippen LogP contribution in [0.25, 0.3) is 0 Å². The fraction of sp³-hybridized carbons (Fsp3) is 0.688. The Balaban J connectivity index is 2.14. The van der Waals surface area contributed by atoms with Crippen LogP contribution in [-0.2, 0) is 0 Å². The Morgan fingerprint density at radius 2 is 2.05 bits per heavy atom. The third-order valence-corrected chi connectivity index (χ3v) is 4.35.